The summed E-state index contributed by atoms with van der Waals surface area (Å²) < 4.78 is 26.9. The highest BCUT2D eigenvalue weighted by Gasteiger charge is 2.19. The van der Waals surface area contributed by atoms with Crippen LogP contribution in [0.25, 0.3) is 11.1 Å². The first kappa shape index (κ1) is 17.3. The highest BCUT2D eigenvalue weighted by Crippen LogP contribution is 2.32. The lowest BCUT2D eigenvalue weighted by Gasteiger charge is -2.21. The van der Waals surface area contributed by atoms with E-state index in [9.17, 15) is 13.9 Å². The smallest absolute Gasteiger partial charge is 0.159 e. The molecular weight excluding hydrogens is 322 g/mol. The van der Waals surface area contributed by atoms with Gasteiger partial charge in [0.2, 0.25) is 0 Å². The fourth-order valence-electron chi connectivity index (χ4n) is 2.95. The van der Waals surface area contributed by atoms with Gasteiger partial charge in [-0.05, 0) is 41.7 Å². The van der Waals surface area contributed by atoms with Gasteiger partial charge in [0.1, 0.15) is 0 Å². The third-order valence-corrected chi connectivity index (χ3v) is 4.47. The molecule has 2 unspecified atom stereocenters. The summed E-state index contributed by atoms with van der Waals surface area (Å²) in [6.07, 6.45) is 4.09. The summed E-state index contributed by atoms with van der Waals surface area (Å²) >= 11 is 0. The van der Waals surface area contributed by atoms with E-state index >= 15 is 0 Å². The van der Waals surface area contributed by atoms with Crippen LogP contribution < -0.4 is 0 Å². The van der Waals surface area contributed by atoms with Crippen molar-refractivity contribution < 1.29 is 13.9 Å². The van der Waals surface area contributed by atoms with Gasteiger partial charge in [-0.1, -0.05) is 37.3 Å². The van der Waals surface area contributed by atoms with E-state index in [2.05, 4.69) is 10.2 Å². The minimum atomic E-state index is -0.872. The molecule has 0 amide bonds. The summed E-state index contributed by atoms with van der Waals surface area (Å²) in [4.78, 5) is 0. The van der Waals surface area contributed by atoms with Crippen LogP contribution in [0.5, 0.6) is 0 Å². The minimum absolute atomic E-state index is 0.205. The van der Waals surface area contributed by atoms with E-state index in [1.807, 2.05) is 37.4 Å². The molecule has 25 heavy (non-hydrogen) atoms. The van der Waals surface area contributed by atoms with Crippen molar-refractivity contribution in [2.75, 3.05) is 0 Å². The molecule has 0 fully saturated rings. The molecule has 0 aliphatic heterocycles. The molecule has 0 spiro atoms. The Hall–Kier alpha value is -2.53. The van der Waals surface area contributed by atoms with Crippen molar-refractivity contribution in [2.45, 2.75) is 31.8 Å². The second-order valence-corrected chi connectivity index (χ2v) is 6.13. The first-order chi connectivity index (χ1) is 12.1. The molecule has 0 bridgehead atoms. The summed E-state index contributed by atoms with van der Waals surface area (Å²) in [6, 6.07) is 11.8. The molecule has 0 radical (unpaired) electrons. The summed E-state index contributed by atoms with van der Waals surface area (Å²) in [7, 11) is 0. The lowest BCUT2D eigenvalue weighted by Crippen LogP contribution is -2.13. The van der Waals surface area contributed by atoms with E-state index in [4.69, 9.17) is 0 Å². The number of aromatic amines is 1. The Morgan fingerprint density at radius 3 is 2.32 bits per heavy atom. The maximum absolute atomic E-state index is 13.7. The maximum atomic E-state index is 13.7. The summed E-state index contributed by atoms with van der Waals surface area (Å²) in [5, 5.41) is 16.8. The van der Waals surface area contributed by atoms with Gasteiger partial charge in [0, 0.05) is 17.7 Å². The number of H-pyrrole nitrogens is 1. The van der Waals surface area contributed by atoms with Gasteiger partial charge in [-0.25, -0.2) is 8.78 Å². The van der Waals surface area contributed by atoms with Crippen molar-refractivity contribution in [3.63, 3.8) is 0 Å². The first-order valence-corrected chi connectivity index (χ1v) is 8.30. The van der Waals surface area contributed by atoms with E-state index in [0.717, 1.165) is 22.8 Å². The Kier molecular flexibility index (Phi) is 5.24. The van der Waals surface area contributed by atoms with E-state index in [-0.39, 0.29) is 5.92 Å². The molecule has 1 heterocycles. The zero-order chi connectivity index (χ0) is 17.8. The largest absolute Gasteiger partial charge is 0.393 e. The van der Waals surface area contributed by atoms with Gasteiger partial charge in [-0.15, -0.1) is 0 Å². The lowest BCUT2D eigenvalue weighted by molar-refractivity contribution is 0.155. The molecule has 0 aliphatic carbocycles. The van der Waals surface area contributed by atoms with Gasteiger partial charge >= 0.3 is 0 Å². The lowest BCUT2D eigenvalue weighted by atomic mass is 9.85. The third kappa shape index (κ3) is 3.94. The van der Waals surface area contributed by atoms with Crippen LogP contribution in [0.4, 0.5) is 8.78 Å². The van der Waals surface area contributed by atoms with E-state index in [1.165, 1.54) is 6.07 Å². The highest BCUT2D eigenvalue weighted by atomic mass is 19.2. The minimum Gasteiger partial charge on any atom is -0.393 e. The molecule has 2 atom stereocenters. The molecule has 3 rings (SSSR count). The number of benzene rings is 2. The number of aromatic nitrogens is 2. The Morgan fingerprint density at radius 1 is 1.00 bits per heavy atom. The van der Waals surface area contributed by atoms with Crippen LogP contribution in [0.3, 0.4) is 0 Å². The number of aliphatic hydroxyl groups excluding tert-OH is 1. The molecule has 2 N–H and O–H groups in total. The van der Waals surface area contributed by atoms with Crippen LogP contribution >= 0.6 is 0 Å². The van der Waals surface area contributed by atoms with Gasteiger partial charge in [-0.2, -0.15) is 5.10 Å². The number of aliphatic hydroxyl groups is 1. The number of hydrogen-bond donors (Lipinski definition) is 2. The van der Waals surface area contributed by atoms with Gasteiger partial charge in [0.05, 0.1) is 12.3 Å². The number of halogens is 2. The van der Waals surface area contributed by atoms with Crippen LogP contribution in [0, 0.1) is 11.6 Å². The normalized spacial score (nSPS) is 13.6. The average molecular weight is 342 g/mol. The monoisotopic (exact) mass is 342 g/mol. The predicted octanol–water partition coefficient (Wildman–Crippen LogP) is 4.65. The Labute approximate surface area is 145 Å². The Balaban J connectivity index is 1.94. The third-order valence-electron chi connectivity index (χ3n) is 4.47. The van der Waals surface area contributed by atoms with Crippen molar-refractivity contribution in [2.24, 2.45) is 0 Å². The molecule has 5 heteroatoms. The van der Waals surface area contributed by atoms with Crippen molar-refractivity contribution >= 4 is 0 Å². The van der Waals surface area contributed by atoms with Crippen LogP contribution in [-0.2, 0) is 0 Å². The zero-order valence-electron chi connectivity index (χ0n) is 13.9. The molecule has 130 valence electrons. The number of hydrogen-bond acceptors (Lipinski definition) is 2. The molecule has 1 aromatic heterocycles. The first-order valence-electron chi connectivity index (χ1n) is 8.30. The fourth-order valence-corrected chi connectivity index (χ4v) is 2.95. The standard InChI is InChI=1S/C20H20F2N2O/c1-2-17(25)10-18(15-7-8-19(21)20(22)9-15)14-5-3-13(4-6-14)16-11-23-24-12-16/h3-9,11-12,17-18,25H,2,10H2,1H3,(H,23,24). The van der Waals surface area contributed by atoms with Gasteiger partial charge in [-0.3, -0.25) is 5.10 Å². The van der Waals surface area contributed by atoms with Gasteiger partial charge < -0.3 is 5.11 Å². The predicted molar refractivity (Wildman–Crippen MR) is 93.1 cm³/mol. The number of nitrogens with one attached hydrogen (secondary N) is 1. The number of rotatable bonds is 6. The summed E-state index contributed by atoms with van der Waals surface area (Å²) in [6.45, 7) is 1.90. The van der Waals surface area contributed by atoms with E-state index in [1.54, 1.807) is 12.3 Å². The van der Waals surface area contributed by atoms with Crippen LogP contribution in [0.1, 0.15) is 36.8 Å². The van der Waals surface area contributed by atoms with Crippen molar-refractivity contribution in [1.29, 1.82) is 0 Å². The summed E-state index contributed by atoms with van der Waals surface area (Å²) in [5.74, 6) is -1.94. The van der Waals surface area contributed by atoms with E-state index in [0.29, 0.717) is 18.4 Å². The fraction of sp³-hybridized carbons (Fsp3) is 0.250. The molecule has 2 aromatic carbocycles. The molecule has 0 saturated heterocycles. The highest BCUT2D eigenvalue weighted by molar-refractivity contribution is 5.62. The van der Waals surface area contributed by atoms with Gasteiger partial charge in [0.25, 0.3) is 0 Å². The van der Waals surface area contributed by atoms with Crippen molar-refractivity contribution in [3.05, 3.63) is 77.6 Å². The summed E-state index contributed by atoms with van der Waals surface area (Å²) in [5.41, 5.74) is 3.59. The molecule has 3 aromatic rings. The van der Waals surface area contributed by atoms with Crippen LogP contribution in [0.2, 0.25) is 0 Å². The van der Waals surface area contributed by atoms with Crippen molar-refractivity contribution in [1.82, 2.24) is 10.2 Å². The topological polar surface area (TPSA) is 48.9 Å². The van der Waals surface area contributed by atoms with Crippen molar-refractivity contribution in [3.8, 4) is 11.1 Å². The average Bonchev–Trinajstić information content (AvgIpc) is 3.17. The van der Waals surface area contributed by atoms with E-state index < -0.39 is 17.7 Å². The second-order valence-electron chi connectivity index (χ2n) is 6.13. The van der Waals surface area contributed by atoms with Crippen LogP contribution in [0.15, 0.2) is 54.9 Å². The quantitative estimate of drug-likeness (QED) is 0.685. The second kappa shape index (κ2) is 7.57. The number of nitrogens with zero attached hydrogens (tertiary/aromatic N) is 1. The zero-order valence-corrected chi connectivity index (χ0v) is 13.9. The Morgan fingerprint density at radius 2 is 1.72 bits per heavy atom. The van der Waals surface area contributed by atoms with Gasteiger partial charge in [0.15, 0.2) is 11.6 Å². The molecule has 0 saturated carbocycles. The van der Waals surface area contributed by atoms with Crippen LogP contribution in [-0.4, -0.2) is 21.4 Å². The Bertz CT molecular complexity index is 816. The molecular formula is C20H20F2N2O. The molecule has 3 nitrogen and oxygen atoms in total. The molecule has 0 aliphatic rings. The maximum Gasteiger partial charge on any atom is 0.159 e. The SMILES string of the molecule is CCC(O)CC(c1ccc(-c2cn[nH]c2)cc1)c1ccc(F)c(F)c1.